The van der Waals surface area contributed by atoms with Gasteiger partial charge in [0.2, 0.25) is 0 Å². The van der Waals surface area contributed by atoms with E-state index in [1.54, 1.807) is 19.1 Å². The number of fused-ring (bicyclic) bond motifs is 1. The number of piperidine rings is 1. The average Bonchev–Trinajstić information content (AvgIpc) is 3.00. The summed E-state index contributed by atoms with van der Waals surface area (Å²) in [5.41, 5.74) is 4.16. The molecule has 0 aromatic heterocycles. The summed E-state index contributed by atoms with van der Waals surface area (Å²) in [5.74, 6) is -0.593. The van der Waals surface area contributed by atoms with Crippen LogP contribution in [0, 0.1) is 5.92 Å². The second kappa shape index (κ2) is 7.74. The van der Waals surface area contributed by atoms with Gasteiger partial charge in [-0.15, -0.1) is 0 Å². The van der Waals surface area contributed by atoms with Crippen LogP contribution in [0.15, 0.2) is 36.4 Å². The standard InChI is InChI=1S/C22H24F3N3O2/c1-27-13-14-11-16(3-5-18(14)21(27)29)26-17-4-6-19(20(12-17)30-2)28-9-7-15(8-10-28)22(23,24)25/h3-6,11-12,15,26H,7-10,13H2,1-2H3. The van der Waals surface area contributed by atoms with Gasteiger partial charge in [-0.2, -0.15) is 13.2 Å². The molecule has 1 saturated heterocycles. The van der Waals surface area contributed by atoms with Gasteiger partial charge in [-0.3, -0.25) is 4.79 Å². The number of rotatable bonds is 4. The normalized spacial score (nSPS) is 17.3. The van der Waals surface area contributed by atoms with Crippen molar-refractivity contribution in [3.8, 4) is 5.75 Å². The van der Waals surface area contributed by atoms with E-state index in [0.29, 0.717) is 25.4 Å². The Morgan fingerprint density at radius 2 is 1.73 bits per heavy atom. The molecule has 1 fully saturated rings. The Hall–Kier alpha value is -2.90. The number of anilines is 3. The van der Waals surface area contributed by atoms with E-state index >= 15 is 0 Å². The second-order valence-electron chi connectivity index (χ2n) is 7.85. The van der Waals surface area contributed by atoms with Crippen LogP contribution in [0.3, 0.4) is 0 Å². The fraction of sp³-hybridized carbons (Fsp3) is 0.409. The highest BCUT2D eigenvalue weighted by Crippen LogP contribution is 2.39. The maximum atomic E-state index is 12.9. The molecule has 0 unspecified atom stereocenters. The summed E-state index contributed by atoms with van der Waals surface area (Å²) in [4.78, 5) is 15.7. The number of methoxy groups -OCH3 is 1. The first-order chi connectivity index (χ1) is 14.3. The van der Waals surface area contributed by atoms with Crippen LogP contribution >= 0.6 is 0 Å². The van der Waals surface area contributed by atoms with Gasteiger partial charge in [-0.25, -0.2) is 0 Å². The summed E-state index contributed by atoms with van der Waals surface area (Å²) >= 11 is 0. The molecule has 0 spiro atoms. The van der Waals surface area contributed by atoms with Crippen LogP contribution in [0.25, 0.3) is 0 Å². The van der Waals surface area contributed by atoms with Gasteiger partial charge in [0.25, 0.3) is 5.91 Å². The fourth-order valence-corrected chi connectivity index (χ4v) is 4.17. The highest BCUT2D eigenvalue weighted by Gasteiger charge is 2.41. The molecule has 160 valence electrons. The predicted octanol–water partition coefficient (Wildman–Crippen LogP) is 4.80. The molecule has 2 aromatic carbocycles. The molecule has 2 aliphatic heterocycles. The van der Waals surface area contributed by atoms with E-state index in [0.717, 1.165) is 28.2 Å². The van der Waals surface area contributed by atoms with Crippen LogP contribution < -0.4 is 15.0 Å². The lowest BCUT2D eigenvalue weighted by Gasteiger charge is -2.35. The number of amides is 1. The Morgan fingerprint density at radius 1 is 1.07 bits per heavy atom. The third kappa shape index (κ3) is 3.91. The number of nitrogens with one attached hydrogen (secondary N) is 1. The van der Waals surface area contributed by atoms with Crippen molar-refractivity contribution < 1.29 is 22.7 Å². The summed E-state index contributed by atoms with van der Waals surface area (Å²) in [6.07, 6.45) is -3.94. The molecule has 0 radical (unpaired) electrons. The van der Waals surface area contributed by atoms with Crippen molar-refractivity contribution in [1.29, 1.82) is 0 Å². The summed E-state index contributed by atoms with van der Waals surface area (Å²) in [6.45, 7) is 1.28. The molecule has 30 heavy (non-hydrogen) atoms. The van der Waals surface area contributed by atoms with Crippen LogP contribution in [0.1, 0.15) is 28.8 Å². The van der Waals surface area contributed by atoms with Gasteiger partial charge >= 0.3 is 6.18 Å². The molecule has 4 rings (SSSR count). The average molecular weight is 419 g/mol. The van der Waals surface area contributed by atoms with E-state index in [-0.39, 0.29) is 18.7 Å². The van der Waals surface area contributed by atoms with Crippen LogP contribution in [-0.4, -0.2) is 44.2 Å². The van der Waals surface area contributed by atoms with Gasteiger partial charge in [-0.05, 0) is 48.7 Å². The monoisotopic (exact) mass is 419 g/mol. The van der Waals surface area contributed by atoms with Crippen molar-refractivity contribution in [2.45, 2.75) is 25.6 Å². The van der Waals surface area contributed by atoms with Crippen LogP contribution in [0.5, 0.6) is 5.75 Å². The minimum absolute atomic E-state index is 0.0249. The van der Waals surface area contributed by atoms with Gasteiger partial charge in [-0.1, -0.05) is 0 Å². The van der Waals surface area contributed by atoms with Crippen molar-refractivity contribution in [3.05, 3.63) is 47.5 Å². The minimum atomic E-state index is -4.13. The Bertz CT molecular complexity index is 953. The van der Waals surface area contributed by atoms with E-state index in [2.05, 4.69) is 5.32 Å². The molecule has 2 heterocycles. The van der Waals surface area contributed by atoms with Gasteiger partial charge in [0.1, 0.15) is 5.75 Å². The van der Waals surface area contributed by atoms with Crippen molar-refractivity contribution in [2.24, 2.45) is 5.92 Å². The molecule has 0 bridgehead atoms. The number of benzene rings is 2. The molecule has 0 saturated carbocycles. The number of ether oxygens (including phenoxy) is 1. The molecule has 1 N–H and O–H groups in total. The number of hydrogen-bond acceptors (Lipinski definition) is 4. The lowest BCUT2D eigenvalue weighted by Crippen LogP contribution is -2.39. The third-order valence-corrected chi connectivity index (χ3v) is 5.86. The molecule has 2 aromatic rings. The molecular formula is C22H24F3N3O2. The Labute approximate surface area is 173 Å². The number of nitrogens with zero attached hydrogens (tertiary/aromatic N) is 2. The van der Waals surface area contributed by atoms with Gasteiger partial charge in [0, 0.05) is 49.7 Å². The van der Waals surface area contributed by atoms with Gasteiger partial charge in [0.05, 0.1) is 18.7 Å². The predicted molar refractivity (Wildman–Crippen MR) is 110 cm³/mol. The fourth-order valence-electron chi connectivity index (χ4n) is 4.17. The second-order valence-corrected chi connectivity index (χ2v) is 7.85. The van der Waals surface area contributed by atoms with E-state index in [9.17, 15) is 18.0 Å². The highest BCUT2D eigenvalue weighted by atomic mass is 19.4. The number of alkyl halides is 3. The van der Waals surface area contributed by atoms with E-state index in [4.69, 9.17) is 4.74 Å². The summed E-state index contributed by atoms with van der Waals surface area (Å²) in [7, 11) is 3.33. The van der Waals surface area contributed by atoms with Crippen LogP contribution in [0.4, 0.5) is 30.2 Å². The summed E-state index contributed by atoms with van der Waals surface area (Å²) in [5, 5.41) is 3.32. The van der Waals surface area contributed by atoms with Crippen molar-refractivity contribution >= 4 is 23.0 Å². The maximum Gasteiger partial charge on any atom is 0.391 e. The van der Waals surface area contributed by atoms with Crippen molar-refractivity contribution in [1.82, 2.24) is 4.90 Å². The molecule has 2 aliphatic rings. The largest absolute Gasteiger partial charge is 0.495 e. The molecule has 5 nitrogen and oxygen atoms in total. The lowest BCUT2D eigenvalue weighted by molar-refractivity contribution is -0.179. The summed E-state index contributed by atoms with van der Waals surface area (Å²) in [6, 6.07) is 11.2. The molecule has 0 aliphatic carbocycles. The first-order valence-corrected chi connectivity index (χ1v) is 9.91. The van der Waals surface area contributed by atoms with Crippen LogP contribution in [-0.2, 0) is 6.54 Å². The Morgan fingerprint density at radius 3 is 2.40 bits per heavy atom. The minimum Gasteiger partial charge on any atom is -0.495 e. The zero-order valence-electron chi connectivity index (χ0n) is 16.9. The van der Waals surface area contributed by atoms with Gasteiger partial charge in [0.15, 0.2) is 0 Å². The van der Waals surface area contributed by atoms with Crippen LogP contribution in [0.2, 0.25) is 0 Å². The van der Waals surface area contributed by atoms with E-state index in [1.165, 1.54) is 0 Å². The number of carbonyl (C=O) groups is 1. The topological polar surface area (TPSA) is 44.8 Å². The summed E-state index contributed by atoms with van der Waals surface area (Å²) < 4.78 is 44.3. The zero-order chi connectivity index (χ0) is 21.5. The van der Waals surface area contributed by atoms with E-state index in [1.807, 2.05) is 41.3 Å². The Balaban J connectivity index is 1.48. The third-order valence-electron chi connectivity index (χ3n) is 5.86. The quantitative estimate of drug-likeness (QED) is 0.773. The van der Waals surface area contributed by atoms with Gasteiger partial charge < -0.3 is 19.9 Å². The molecule has 0 atom stereocenters. The molecule has 8 heteroatoms. The maximum absolute atomic E-state index is 12.9. The molecule has 1 amide bonds. The lowest BCUT2D eigenvalue weighted by atomic mass is 9.96. The van der Waals surface area contributed by atoms with Crippen molar-refractivity contribution in [2.75, 3.05) is 37.5 Å². The highest BCUT2D eigenvalue weighted by molar-refractivity contribution is 5.98. The number of halogens is 3. The molecular weight excluding hydrogens is 395 g/mol. The SMILES string of the molecule is COc1cc(Nc2ccc3c(c2)CN(C)C3=O)ccc1N1CCC(C(F)(F)F)CC1. The number of carbonyl (C=O) groups excluding carboxylic acids is 1. The first-order valence-electron chi connectivity index (χ1n) is 9.91. The first kappa shape index (κ1) is 20.4. The Kier molecular flexibility index (Phi) is 5.26. The van der Waals surface area contributed by atoms with Crippen molar-refractivity contribution in [3.63, 3.8) is 0 Å². The number of hydrogen-bond donors (Lipinski definition) is 1. The zero-order valence-corrected chi connectivity index (χ0v) is 16.9. The van der Waals surface area contributed by atoms with E-state index < -0.39 is 12.1 Å². The smallest absolute Gasteiger partial charge is 0.391 e.